The third kappa shape index (κ3) is 3.64. The second-order valence-electron chi connectivity index (χ2n) is 4.48. The summed E-state index contributed by atoms with van der Waals surface area (Å²) in [6, 6.07) is 13.4. The first-order valence-corrected chi connectivity index (χ1v) is 6.41. The molecule has 0 fully saturated rings. The van der Waals surface area contributed by atoms with Gasteiger partial charge in [0.05, 0.1) is 4.92 Å². The first kappa shape index (κ1) is 14.7. The largest absolute Gasteiger partial charge is 0.348 e. The number of nitrogens with one attached hydrogen (secondary N) is 1. The van der Waals surface area contributed by atoms with Crippen molar-refractivity contribution in [2.24, 2.45) is 5.73 Å². The van der Waals surface area contributed by atoms with Crippen molar-refractivity contribution in [2.45, 2.75) is 13.1 Å². The van der Waals surface area contributed by atoms with Gasteiger partial charge >= 0.3 is 0 Å². The molecule has 108 valence electrons. The predicted octanol–water partition coefficient (Wildman–Crippen LogP) is 1.98. The average molecular weight is 285 g/mol. The SMILES string of the molecule is NCc1ccc(CNC(=O)c2ccccc2[N+](=O)[O-])cc1. The van der Waals surface area contributed by atoms with Crippen LogP contribution in [0.4, 0.5) is 5.69 Å². The Kier molecular flexibility index (Phi) is 4.63. The molecular formula is C15H15N3O3. The minimum atomic E-state index is -0.565. The van der Waals surface area contributed by atoms with E-state index in [1.807, 2.05) is 24.3 Å². The van der Waals surface area contributed by atoms with Crippen molar-refractivity contribution in [2.75, 3.05) is 0 Å². The number of amides is 1. The lowest BCUT2D eigenvalue weighted by molar-refractivity contribution is -0.385. The van der Waals surface area contributed by atoms with Gasteiger partial charge in [0.25, 0.3) is 11.6 Å². The number of hydrogen-bond donors (Lipinski definition) is 2. The topological polar surface area (TPSA) is 98.3 Å². The molecule has 0 radical (unpaired) electrons. The van der Waals surface area contributed by atoms with Gasteiger partial charge in [-0.05, 0) is 17.2 Å². The third-order valence-corrected chi connectivity index (χ3v) is 3.06. The molecule has 0 heterocycles. The highest BCUT2D eigenvalue weighted by molar-refractivity contribution is 5.98. The number of nitrogens with two attached hydrogens (primary N) is 1. The van der Waals surface area contributed by atoms with Crippen molar-refractivity contribution in [3.05, 3.63) is 75.3 Å². The van der Waals surface area contributed by atoms with Gasteiger partial charge in [-0.2, -0.15) is 0 Å². The maximum absolute atomic E-state index is 12.0. The van der Waals surface area contributed by atoms with E-state index in [0.29, 0.717) is 13.1 Å². The standard InChI is InChI=1S/C15H15N3O3/c16-9-11-5-7-12(8-6-11)10-17-15(19)13-3-1-2-4-14(13)18(20)21/h1-8H,9-10,16H2,(H,17,19). The Labute approximate surface area is 121 Å². The second kappa shape index (κ2) is 6.62. The molecule has 0 aliphatic rings. The highest BCUT2D eigenvalue weighted by Crippen LogP contribution is 2.17. The third-order valence-electron chi connectivity index (χ3n) is 3.06. The Balaban J connectivity index is 2.06. The minimum Gasteiger partial charge on any atom is -0.348 e. The first-order valence-electron chi connectivity index (χ1n) is 6.41. The quantitative estimate of drug-likeness (QED) is 0.648. The van der Waals surface area contributed by atoms with Crippen molar-refractivity contribution >= 4 is 11.6 Å². The van der Waals surface area contributed by atoms with Gasteiger partial charge in [-0.1, -0.05) is 36.4 Å². The van der Waals surface area contributed by atoms with Crippen molar-refractivity contribution in [1.82, 2.24) is 5.32 Å². The molecule has 1 amide bonds. The normalized spacial score (nSPS) is 10.1. The number of rotatable bonds is 5. The molecule has 0 saturated carbocycles. The summed E-state index contributed by atoms with van der Waals surface area (Å²) in [4.78, 5) is 22.4. The molecule has 2 rings (SSSR count). The molecule has 0 atom stereocenters. The zero-order valence-corrected chi connectivity index (χ0v) is 11.3. The number of nitro benzene ring substituents is 1. The predicted molar refractivity (Wildman–Crippen MR) is 78.6 cm³/mol. The first-order chi connectivity index (χ1) is 10.1. The zero-order chi connectivity index (χ0) is 15.2. The summed E-state index contributed by atoms with van der Waals surface area (Å²) in [7, 11) is 0. The van der Waals surface area contributed by atoms with Gasteiger partial charge in [0.15, 0.2) is 0 Å². The van der Waals surface area contributed by atoms with Crippen LogP contribution in [0.15, 0.2) is 48.5 Å². The fourth-order valence-corrected chi connectivity index (χ4v) is 1.90. The van der Waals surface area contributed by atoms with E-state index in [9.17, 15) is 14.9 Å². The van der Waals surface area contributed by atoms with Crippen LogP contribution >= 0.6 is 0 Å². The molecule has 0 aliphatic carbocycles. The van der Waals surface area contributed by atoms with Crippen molar-refractivity contribution in [3.8, 4) is 0 Å². The van der Waals surface area contributed by atoms with E-state index in [4.69, 9.17) is 5.73 Å². The Morgan fingerprint density at radius 3 is 2.33 bits per heavy atom. The fraction of sp³-hybridized carbons (Fsp3) is 0.133. The Morgan fingerprint density at radius 1 is 1.10 bits per heavy atom. The number of carbonyl (C=O) groups excluding carboxylic acids is 1. The molecule has 0 spiro atoms. The number of para-hydroxylation sites is 1. The lowest BCUT2D eigenvalue weighted by Crippen LogP contribution is -2.23. The number of nitrogens with zero attached hydrogens (tertiary/aromatic N) is 1. The van der Waals surface area contributed by atoms with Crippen molar-refractivity contribution in [3.63, 3.8) is 0 Å². The maximum Gasteiger partial charge on any atom is 0.282 e. The van der Waals surface area contributed by atoms with Crippen molar-refractivity contribution < 1.29 is 9.72 Å². The van der Waals surface area contributed by atoms with E-state index in [0.717, 1.165) is 11.1 Å². The molecule has 0 bridgehead atoms. The van der Waals surface area contributed by atoms with Crippen LogP contribution in [0.2, 0.25) is 0 Å². The van der Waals surface area contributed by atoms with E-state index in [1.165, 1.54) is 18.2 Å². The molecule has 0 unspecified atom stereocenters. The van der Waals surface area contributed by atoms with Gasteiger partial charge in [0.2, 0.25) is 0 Å². The lowest BCUT2D eigenvalue weighted by atomic mass is 10.1. The zero-order valence-electron chi connectivity index (χ0n) is 11.3. The molecule has 6 nitrogen and oxygen atoms in total. The molecule has 3 N–H and O–H groups in total. The smallest absolute Gasteiger partial charge is 0.282 e. The van der Waals surface area contributed by atoms with E-state index in [-0.39, 0.29) is 11.3 Å². The monoisotopic (exact) mass is 285 g/mol. The van der Waals surface area contributed by atoms with Gasteiger partial charge in [-0.25, -0.2) is 0 Å². The van der Waals surface area contributed by atoms with Crippen LogP contribution in [0, 0.1) is 10.1 Å². The summed E-state index contributed by atoms with van der Waals surface area (Å²) < 4.78 is 0. The van der Waals surface area contributed by atoms with Gasteiger partial charge in [0, 0.05) is 19.2 Å². The number of nitro groups is 1. The van der Waals surface area contributed by atoms with Gasteiger partial charge in [-0.15, -0.1) is 0 Å². The van der Waals surface area contributed by atoms with Crippen LogP contribution in [-0.2, 0) is 13.1 Å². The summed E-state index contributed by atoms with van der Waals surface area (Å²) >= 11 is 0. The fourth-order valence-electron chi connectivity index (χ4n) is 1.90. The molecule has 2 aromatic carbocycles. The molecule has 21 heavy (non-hydrogen) atoms. The highest BCUT2D eigenvalue weighted by Gasteiger charge is 2.18. The maximum atomic E-state index is 12.0. The van der Waals surface area contributed by atoms with Gasteiger partial charge in [-0.3, -0.25) is 14.9 Å². The van der Waals surface area contributed by atoms with Crippen LogP contribution in [0.5, 0.6) is 0 Å². The van der Waals surface area contributed by atoms with E-state index < -0.39 is 10.8 Å². The van der Waals surface area contributed by atoms with Crippen LogP contribution < -0.4 is 11.1 Å². The van der Waals surface area contributed by atoms with E-state index in [1.54, 1.807) is 6.07 Å². The Bertz CT molecular complexity index is 653. The highest BCUT2D eigenvalue weighted by atomic mass is 16.6. The molecular weight excluding hydrogens is 270 g/mol. The molecule has 0 aliphatic heterocycles. The minimum absolute atomic E-state index is 0.0566. The summed E-state index contributed by atoms with van der Waals surface area (Å²) in [5, 5.41) is 13.6. The molecule has 0 saturated heterocycles. The molecule has 6 heteroatoms. The summed E-state index contributed by atoms with van der Waals surface area (Å²) in [5.41, 5.74) is 7.27. The lowest BCUT2D eigenvalue weighted by Gasteiger charge is -2.06. The number of hydrogen-bond acceptors (Lipinski definition) is 4. The molecule has 2 aromatic rings. The number of carbonyl (C=O) groups is 1. The Morgan fingerprint density at radius 2 is 1.71 bits per heavy atom. The van der Waals surface area contributed by atoms with Crippen LogP contribution in [0.1, 0.15) is 21.5 Å². The Hall–Kier alpha value is -2.73. The number of benzene rings is 2. The summed E-state index contributed by atoms with van der Waals surface area (Å²) in [5.74, 6) is -0.467. The van der Waals surface area contributed by atoms with E-state index >= 15 is 0 Å². The molecule has 0 aromatic heterocycles. The van der Waals surface area contributed by atoms with E-state index in [2.05, 4.69) is 5.32 Å². The van der Waals surface area contributed by atoms with Gasteiger partial charge in [0.1, 0.15) is 5.56 Å². The average Bonchev–Trinajstić information content (AvgIpc) is 2.53. The second-order valence-corrected chi connectivity index (χ2v) is 4.48. The van der Waals surface area contributed by atoms with Gasteiger partial charge < -0.3 is 11.1 Å². The summed E-state index contributed by atoms with van der Waals surface area (Å²) in [6.07, 6.45) is 0. The van der Waals surface area contributed by atoms with Crippen LogP contribution in [-0.4, -0.2) is 10.8 Å². The summed E-state index contributed by atoms with van der Waals surface area (Å²) in [6.45, 7) is 0.762. The van der Waals surface area contributed by atoms with Crippen molar-refractivity contribution in [1.29, 1.82) is 0 Å². The van der Waals surface area contributed by atoms with Crippen LogP contribution in [0.25, 0.3) is 0 Å². The van der Waals surface area contributed by atoms with Crippen LogP contribution in [0.3, 0.4) is 0 Å².